The van der Waals surface area contributed by atoms with Crippen molar-refractivity contribution in [3.63, 3.8) is 0 Å². The number of hydrogen-bond acceptors (Lipinski definition) is 8. The molecule has 0 radical (unpaired) electrons. The minimum atomic E-state index is -0.418. The van der Waals surface area contributed by atoms with Crippen LogP contribution in [0.1, 0.15) is 53.4 Å². The first-order valence-corrected chi connectivity index (χ1v) is 12.5. The maximum atomic E-state index is 13.3. The summed E-state index contributed by atoms with van der Waals surface area (Å²) in [6.07, 6.45) is 5.82. The number of morpholine rings is 1. The van der Waals surface area contributed by atoms with Crippen LogP contribution in [0.2, 0.25) is 0 Å². The Morgan fingerprint density at radius 2 is 2.16 bits per heavy atom. The van der Waals surface area contributed by atoms with Crippen LogP contribution in [-0.4, -0.2) is 65.9 Å². The minimum Gasteiger partial charge on any atom is -0.383 e. The van der Waals surface area contributed by atoms with Crippen LogP contribution in [0, 0.1) is 16.7 Å². The Balaban J connectivity index is 1.34. The molecule has 5 rings (SSSR count). The van der Waals surface area contributed by atoms with Crippen molar-refractivity contribution in [3.8, 4) is 6.07 Å². The number of anilines is 3. The van der Waals surface area contributed by atoms with E-state index >= 15 is 0 Å². The van der Waals surface area contributed by atoms with Crippen LogP contribution in [0.4, 0.5) is 22.1 Å². The first-order valence-electron chi connectivity index (χ1n) is 12.5. The first-order chi connectivity index (χ1) is 17.9. The van der Waals surface area contributed by atoms with E-state index in [-0.39, 0.29) is 30.2 Å². The number of fused-ring (bicyclic) bond motifs is 1. The molecule has 0 unspecified atom stereocenters. The van der Waals surface area contributed by atoms with Crippen molar-refractivity contribution in [2.24, 2.45) is 5.41 Å². The van der Waals surface area contributed by atoms with E-state index in [0.29, 0.717) is 60.9 Å². The van der Waals surface area contributed by atoms with E-state index < -0.39 is 6.03 Å². The number of hydrogen-bond donors (Lipinski definition) is 2. The summed E-state index contributed by atoms with van der Waals surface area (Å²) in [6, 6.07) is 5.25. The summed E-state index contributed by atoms with van der Waals surface area (Å²) < 4.78 is 5.18. The number of nitrogens with one attached hydrogen (secondary N) is 2. The lowest BCUT2D eigenvalue weighted by molar-refractivity contribution is -0.143. The van der Waals surface area contributed by atoms with Gasteiger partial charge in [-0.2, -0.15) is 5.26 Å². The molecule has 0 aromatic carbocycles. The number of carbonyl (C=O) groups excluding carboxylic acids is 3. The van der Waals surface area contributed by atoms with Gasteiger partial charge in [-0.05, 0) is 42.7 Å². The molecule has 2 fully saturated rings. The molecule has 37 heavy (non-hydrogen) atoms. The van der Waals surface area contributed by atoms with Gasteiger partial charge in [-0.25, -0.2) is 14.8 Å². The van der Waals surface area contributed by atoms with Gasteiger partial charge < -0.3 is 15.0 Å². The van der Waals surface area contributed by atoms with Crippen LogP contribution in [0.3, 0.4) is 0 Å². The molecule has 3 aliphatic rings. The SMILES string of the molecule is CC1(CNc2cc(NC(=O)N3CCCc4cc(CN5CCOCC5=O)c(C=O)nc43)ncc2C#N)CC1. The molecular formula is C26H29N7O4. The van der Waals surface area contributed by atoms with E-state index in [1.807, 2.05) is 6.07 Å². The fraction of sp³-hybridized carbons (Fsp3) is 0.462. The molecule has 2 N–H and O–H groups in total. The minimum absolute atomic E-state index is 0.0304. The highest BCUT2D eigenvalue weighted by molar-refractivity contribution is 6.01. The van der Waals surface area contributed by atoms with Crippen molar-refractivity contribution < 1.29 is 19.1 Å². The quantitative estimate of drug-likeness (QED) is 0.550. The number of ether oxygens (including phenoxy) is 1. The maximum Gasteiger partial charge on any atom is 0.328 e. The van der Waals surface area contributed by atoms with Gasteiger partial charge in [0.15, 0.2) is 6.29 Å². The molecular weight excluding hydrogens is 474 g/mol. The number of pyridine rings is 2. The predicted octanol–water partition coefficient (Wildman–Crippen LogP) is 2.72. The van der Waals surface area contributed by atoms with Crippen LogP contribution < -0.4 is 15.5 Å². The number of carbonyl (C=O) groups is 3. The molecule has 1 aliphatic carbocycles. The second kappa shape index (κ2) is 10.1. The van der Waals surface area contributed by atoms with Gasteiger partial charge in [0, 0.05) is 44.0 Å². The molecule has 0 spiro atoms. The highest BCUT2D eigenvalue weighted by Gasteiger charge is 2.37. The lowest BCUT2D eigenvalue weighted by Crippen LogP contribution is -2.42. The monoisotopic (exact) mass is 503 g/mol. The van der Waals surface area contributed by atoms with E-state index in [4.69, 9.17) is 4.74 Å². The number of aryl methyl sites for hydroxylation is 1. The van der Waals surface area contributed by atoms with Crippen molar-refractivity contribution in [2.75, 3.05) is 48.4 Å². The summed E-state index contributed by atoms with van der Waals surface area (Å²) in [5, 5.41) is 15.6. The average Bonchev–Trinajstić information content (AvgIpc) is 3.65. The van der Waals surface area contributed by atoms with Crippen molar-refractivity contribution in [2.45, 2.75) is 39.2 Å². The van der Waals surface area contributed by atoms with Crippen LogP contribution in [0.5, 0.6) is 0 Å². The lowest BCUT2D eigenvalue weighted by Gasteiger charge is -2.30. The number of amides is 3. The number of rotatable bonds is 7. The second-order valence-corrected chi connectivity index (χ2v) is 10.1. The highest BCUT2D eigenvalue weighted by atomic mass is 16.5. The third kappa shape index (κ3) is 5.39. The zero-order valence-electron chi connectivity index (χ0n) is 20.7. The Morgan fingerprint density at radius 1 is 1.32 bits per heavy atom. The topological polar surface area (TPSA) is 141 Å². The van der Waals surface area contributed by atoms with E-state index in [1.165, 1.54) is 11.1 Å². The second-order valence-electron chi connectivity index (χ2n) is 10.1. The summed E-state index contributed by atoms with van der Waals surface area (Å²) in [5.41, 5.74) is 2.98. The van der Waals surface area contributed by atoms with Crippen molar-refractivity contribution in [3.05, 3.63) is 40.7 Å². The fourth-order valence-corrected chi connectivity index (χ4v) is 4.54. The summed E-state index contributed by atoms with van der Waals surface area (Å²) in [4.78, 5) is 49.2. The van der Waals surface area contributed by atoms with Gasteiger partial charge in [-0.15, -0.1) is 0 Å². The molecule has 1 saturated carbocycles. The van der Waals surface area contributed by atoms with E-state index in [1.54, 1.807) is 11.0 Å². The largest absolute Gasteiger partial charge is 0.383 e. The molecule has 192 valence electrons. The molecule has 4 heterocycles. The zero-order valence-corrected chi connectivity index (χ0v) is 20.7. The molecule has 2 aromatic heterocycles. The predicted molar refractivity (Wildman–Crippen MR) is 135 cm³/mol. The van der Waals surface area contributed by atoms with Gasteiger partial charge in [0.2, 0.25) is 5.91 Å². The molecule has 0 bridgehead atoms. The van der Waals surface area contributed by atoms with Crippen LogP contribution in [-0.2, 0) is 22.5 Å². The fourth-order valence-electron chi connectivity index (χ4n) is 4.54. The third-order valence-electron chi connectivity index (χ3n) is 7.14. The number of aldehydes is 1. The number of aromatic nitrogens is 2. The normalized spacial score (nSPS) is 18.0. The summed E-state index contributed by atoms with van der Waals surface area (Å²) in [5.74, 6) is 0.617. The molecule has 11 nitrogen and oxygen atoms in total. The molecule has 2 aromatic rings. The van der Waals surface area contributed by atoms with Gasteiger partial charge in [-0.1, -0.05) is 6.92 Å². The van der Waals surface area contributed by atoms with Crippen molar-refractivity contribution in [1.29, 1.82) is 5.26 Å². The van der Waals surface area contributed by atoms with Crippen molar-refractivity contribution >= 4 is 35.5 Å². The molecule has 11 heteroatoms. The molecule has 0 atom stereocenters. The Morgan fingerprint density at radius 3 is 2.89 bits per heavy atom. The number of nitrogens with zero attached hydrogens (tertiary/aromatic N) is 5. The van der Waals surface area contributed by atoms with Crippen molar-refractivity contribution in [1.82, 2.24) is 14.9 Å². The van der Waals surface area contributed by atoms with Crippen LogP contribution >= 0.6 is 0 Å². The summed E-state index contributed by atoms with van der Waals surface area (Å²) >= 11 is 0. The number of urea groups is 1. The standard InChI is InChI=1S/C26H29N7O4/c1-26(4-5-26)16-29-20-10-22(28-12-19(20)11-27)31-25(36)33-6-2-3-17-9-18(21(14-34)30-24(17)33)13-32-7-8-37-15-23(32)35/h9-10,12,14H,2-8,13,15-16H2,1H3,(H2,28,29,31,36). The van der Waals surface area contributed by atoms with Gasteiger partial charge in [0.1, 0.15) is 30.0 Å². The Labute approximate surface area is 214 Å². The van der Waals surface area contributed by atoms with Gasteiger partial charge in [0.25, 0.3) is 0 Å². The van der Waals surface area contributed by atoms with Crippen LogP contribution in [0.15, 0.2) is 18.3 Å². The maximum absolute atomic E-state index is 13.3. The lowest BCUT2D eigenvalue weighted by atomic mass is 10.0. The van der Waals surface area contributed by atoms with Crippen LogP contribution in [0.25, 0.3) is 0 Å². The summed E-state index contributed by atoms with van der Waals surface area (Å²) in [6.45, 7) is 4.58. The third-order valence-corrected chi connectivity index (χ3v) is 7.14. The Hall–Kier alpha value is -4.04. The average molecular weight is 504 g/mol. The Bertz CT molecular complexity index is 1280. The van der Waals surface area contributed by atoms with E-state index in [9.17, 15) is 19.6 Å². The smallest absolute Gasteiger partial charge is 0.328 e. The van der Waals surface area contributed by atoms with Gasteiger partial charge in [0.05, 0.1) is 17.9 Å². The number of nitriles is 1. The summed E-state index contributed by atoms with van der Waals surface area (Å²) in [7, 11) is 0. The van der Waals surface area contributed by atoms with E-state index in [2.05, 4.69) is 33.6 Å². The van der Waals surface area contributed by atoms with Gasteiger partial charge in [-0.3, -0.25) is 19.8 Å². The highest BCUT2D eigenvalue weighted by Crippen LogP contribution is 2.45. The molecule has 1 saturated heterocycles. The van der Waals surface area contributed by atoms with E-state index in [0.717, 1.165) is 31.4 Å². The zero-order chi connectivity index (χ0) is 26.0. The molecule has 2 aliphatic heterocycles. The first kappa shape index (κ1) is 24.6. The molecule has 3 amide bonds. The van der Waals surface area contributed by atoms with Gasteiger partial charge >= 0.3 is 6.03 Å². The Kier molecular flexibility index (Phi) is 6.76.